The molecule has 12 aromatic rings. The van der Waals surface area contributed by atoms with Crippen molar-refractivity contribution in [1.82, 2.24) is 14.5 Å². The summed E-state index contributed by atoms with van der Waals surface area (Å²) in [5.41, 5.74) is 14.3. The number of hydrogen-bond acceptors (Lipinski definition) is 3. The van der Waals surface area contributed by atoms with E-state index in [-0.39, 0.29) is 31.9 Å². The number of hydrogen-bond donors (Lipinski definition) is 0. The minimum atomic E-state index is -2.19. The maximum atomic E-state index is 7.84. The fourth-order valence-corrected chi connectivity index (χ4v) is 11.0. The molecule has 0 saturated carbocycles. The van der Waals surface area contributed by atoms with Crippen LogP contribution in [-0.2, 0) is 20.1 Å². The molecule has 4 nitrogen and oxygen atoms in total. The summed E-state index contributed by atoms with van der Waals surface area (Å²) in [6, 6.07) is 69.4. The van der Waals surface area contributed by atoms with Gasteiger partial charge in [0.25, 0.3) is 0 Å². The molecule has 3 heterocycles. The number of aromatic nitrogens is 3. The molecule has 0 atom stereocenters. The van der Waals surface area contributed by atoms with Gasteiger partial charge < -0.3 is 14.0 Å². The fourth-order valence-electron chi connectivity index (χ4n) is 9.94. The van der Waals surface area contributed by atoms with E-state index < -0.39 is 14.9 Å². The number of imidazole rings is 1. The first kappa shape index (κ1) is 44.7. The summed E-state index contributed by atoms with van der Waals surface area (Å²) < 4.78 is 32.7. The predicted molar refractivity (Wildman–Crippen MR) is 303 cm³/mol. The van der Waals surface area contributed by atoms with Crippen LogP contribution in [-0.4, -0.2) is 22.6 Å². The van der Waals surface area contributed by atoms with Gasteiger partial charge in [-0.2, -0.15) is 0 Å². The average Bonchev–Trinajstić information content (AvgIpc) is 3.98. The van der Waals surface area contributed by atoms with E-state index in [0.29, 0.717) is 11.1 Å². The Bertz CT molecular complexity index is 4010. The van der Waals surface area contributed by atoms with Gasteiger partial charge in [0, 0.05) is 41.5 Å². The van der Waals surface area contributed by atoms with Crippen LogP contribution in [0, 0.1) is 19.0 Å². The van der Waals surface area contributed by atoms with Crippen LogP contribution in [0.15, 0.2) is 193 Å². The quantitative estimate of drug-likeness (QED) is 0.0865. The number of nitrogens with zero attached hydrogens (tertiary/aromatic N) is 3. The summed E-state index contributed by atoms with van der Waals surface area (Å²) in [5.74, 6) is 1.40. The molecule has 6 heteroatoms. The number of pyridine rings is 1. The zero-order valence-corrected chi connectivity index (χ0v) is 45.0. The van der Waals surface area contributed by atoms with Crippen molar-refractivity contribution in [3.63, 3.8) is 0 Å². The predicted octanol–water partition coefficient (Wildman–Crippen LogP) is 17.7. The average molecular weight is 1130 g/mol. The number of furan rings is 1. The number of aryl methyl sites for hydroxylation is 1. The molecule has 72 heavy (non-hydrogen) atoms. The number of benzene rings is 9. The van der Waals surface area contributed by atoms with E-state index in [1.165, 1.54) is 54.7 Å². The number of para-hydroxylation sites is 2. The summed E-state index contributed by atoms with van der Waals surface area (Å²) in [6.45, 7) is 13.8. The summed E-state index contributed by atoms with van der Waals surface area (Å²) in [4.78, 5) is 9.93. The van der Waals surface area contributed by atoms with Crippen molar-refractivity contribution in [2.45, 2.75) is 66.0 Å². The smallest absolute Gasteiger partial charge is 0.121 e. The molecular formula is C66H57IrN3OSi-2. The third kappa shape index (κ3) is 9.05. The van der Waals surface area contributed by atoms with Crippen LogP contribution in [0.5, 0.6) is 0 Å². The molecule has 3 aromatic heterocycles. The van der Waals surface area contributed by atoms with Crippen LogP contribution in [0.2, 0.25) is 19.6 Å². The van der Waals surface area contributed by atoms with Gasteiger partial charge in [0.05, 0.1) is 30.5 Å². The van der Waals surface area contributed by atoms with E-state index in [9.17, 15) is 0 Å². The van der Waals surface area contributed by atoms with Gasteiger partial charge in [0.2, 0.25) is 0 Å². The van der Waals surface area contributed by atoms with Crippen molar-refractivity contribution in [1.29, 1.82) is 0 Å². The van der Waals surface area contributed by atoms with Crippen molar-refractivity contribution in [3.8, 4) is 50.6 Å². The number of rotatable bonds is 8. The Morgan fingerprint density at radius 3 is 1.99 bits per heavy atom. The van der Waals surface area contributed by atoms with Gasteiger partial charge in [0.15, 0.2) is 0 Å². The third-order valence-electron chi connectivity index (χ3n) is 13.8. The minimum absolute atomic E-state index is 0. The Morgan fingerprint density at radius 2 is 1.29 bits per heavy atom. The molecule has 0 N–H and O–H groups in total. The SMILES string of the molecule is CC(C)c1cc(-c2ccccc2)cc(C(C)C)c1-n1c(-c2[c-]ccc3c2oc2cc4c(ccc5ccccc54)cc23)nc2ccccc21.[2H]C([2H])([2H])c1c[c-]c(-c2ccc([Si](C)(C)C)cn2)cc1-c1ccccc1.[Ir]. The second kappa shape index (κ2) is 19.8. The van der Waals surface area contributed by atoms with Gasteiger partial charge in [-0.25, -0.2) is 0 Å². The van der Waals surface area contributed by atoms with Crippen molar-refractivity contribution in [3.05, 3.63) is 217 Å². The first-order valence-corrected chi connectivity index (χ1v) is 28.1. The molecule has 9 aromatic carbocycles. The van der Waals surface area contributed by atoms with E-state index in [1.807, 2.05) is 54.7 Å². The summed E-state index contributed by atoms with van der Waals surface area (Å²) in [5, 5.41) is 8.31. The zero-order chi connectivity index (χ0) is 51.5. The van der Waals surface area contributed by atoms with E-state index in [1.54, 1.807) is 6.07 Å². The Morgan fingerprint density at radius 1 is 0.611 bits per heavy atom. The van der Waals surface area contributed by atoms with Gasteiger partial charge in [-0.3, -0.25) is 4.98 Å². The molecule has 0 spiro atoms. The maximum absolute atomic E-state index is 7.84. The minimum Gasteiger partial charge on any atom is -0.501 e. The zero-order valence-electron chi connectivity index (χ0n) is 44.6. The molecular weight excluding hydrogens is 1070 g/mol. The van der Waals surface area contributed by atoms with E-state index >= 15 is 0 Å². The van der Waals surface area contributed by atoms with Crippen LogP contribution >= 0.6 is 0 Å². The number of fused-ring (bicyclic) bond motifs is 7. The maximum Gasteiger partial charge on any atom is 0.121 e. The van der Waals surface area contributed by atoms with Crippen molar-refractivity contribution in [2.24, 2.45) is 0 Å². The van der Waals surface area contributed by atoms with Crippen LogP contribution in [0.4, 0.5) is 0 Å². The molecule has 0 aliphatic rings. The van der Waals surface area contributed by atoms with Crippen molar-refractivity contribution in [2.75, 3.05) is 0 Å². The molecule has 0 aliphatic carbocycles. The molecule has 357 valence electrons. The molecule has 0 saturated heterocycles. The molecule has 12 rings (SSSR count). The Kier molecular flexibility index (Phi) is 12.3. The van der Waals surface area contributed by atoms with Crippen molar-refractivity contribution < 1.29 is 28.6 Å². The van der Waals surface area contributed by atoms with Crippen LogP contribution in [0.25, 0.3) is 105 Å². The normalized spacial score (nSPS) is 12.5. The Labute approximate surface area is 442 Å². The van der Waals surface area contributed by atoms with Gasteiger partial charge in [-0.15, -0.1) is 47.5 Å². The van der Waals surface area contributed by atoms with E-state index in [2.05, 4.69) is 196 Å². The standard InChI is InChI=1S/C45H35N2O.C21H22NSi.Ir/c1-27(2)36-24-32(29-13-6-5-7-14-29)25-37(28(3)4)43(36)47-41-20-11-10-19-40(41)46-45(47)35-18-12-17-34-39-23-31-22-21-30-15-8-9-16-33(30)38(31)26-42(39)48-44(34)35;1-16-10-11-18(14-20(16)17-8-6-5-7-9-17)21-13-12-19(15-22-21)23(2,3)4;/h5-17,19-28H,1-4H3;5-10,12-15H,1-4H3;/q2*-1;/i;1D3;. The molecule has 0 amide bonds. The molecule has 0 aliphatic heterocycles. The van der Waals surface area contributed by atoms with Crippen LogP contribution in [0.1, 0.15) is 60.3 Å². The monoisotopic (exact) mass is 1130 g/mol. The van der Waals surface area contributed by atoms with Gasteiger partial charge in [-0.05, 0) is 108 Å². The Hall–Kier alpha value is -7.21. The summed E-state index contributed by atoms with van der Waals surface area (Å²) >= 11 is 0. The largest absolute Gasteiger partial charge is 0.501 e. The molecule has 0 fully saturated rings. The molecule has 0 unspecified atom stereocenters. The van der Waals surface area contributed by atoms with E-state index in [0.717, 1.165) is 61.2 Å². The van der Waals surface area contributed by atoms with Gasteiger partial charge in [-0.1, -0.05) is 192 Å². The second-order valence-corrected chi connectivity index (χ2v) is 25.3. The third-order valence-corrected chi connectivity index (χ3v) is 15.8. The van der Waals surface area contributed by atoms with Crippen LogP contribution < -0.4 is 5.19 Å². The first-order chi connectivity index (χ1) is 35.6. The van der Waals surface area contributed by atoms with Crippen LogP contribution in [0.3, 0.4) is 0 Å². The first-order valence-electron chi connectivity index (χ1n) is 26.1. The topological polar surface area (TPSA) is 43.9 Å². The fraction of sp³-hybridized carbons (Fsp3) is 0.152. The van der Waals surface area contributed by atoms with E-state index in [4.69, 9.17) is 13.5 Å². The Balaban J connectivity index is 0.000000202. The molecule has 0 bridgehead atoms. The molecule has 1 radical (unpaired) electrons. The van der Waals surface area contributed by atoms with Gasteiger partial charge >= 0.3 is 0 Å². The summed E-state index contributed by atoms with van der Waals surface area (Å²) in [7, 11) is -1.40. The van der Waals surface area contributed by atoms with Crippen molar-refractivity contribution >= 4 is 67.8 Å². The summed E-state index contributed by atoms with van der Waals surface area (Å²) in [6.07, 6.45) is 1.94. The second-order valence-electron chi connectivity index (χ2n) is 20.2. The van der Waals surface area contributed by atoms with Gasteiger partial charge in [0.1, 0.15) is 5.58 Å².